The third-order valence-electron chi connectivity index (χ3n) is 4.55. The number of phenols is 1. The summed E-state index contributed by atoms with van der Waals surface area (Å²) in [4.78, 5) is -0.208. The van der Waals surface area contributed by atoms with Gasteiger partial charge in [0.1, 0.15) is 11.4 Å². The van der Waals surface area contributed by atoms with Gasteiger partial charge in [-0.15, -0.1) is 5.11 Å². The van der Waals surface area contributed by atoms with Crippen molar-refractivity contribution in [3.05, 3.63) is 78.9 Å². The molecule has 0 fully saturated rings. The normalized spacial score (nSPS) is 13.6. The topological polar surface area (TPSA) is 144 Å². The monoisotopic (exact) mass is 480 g/mol. The standard InChI is InChI=1S/C22H16N4O5S2/c27-19-11-6-14-12-18(32(28)29)13-20(33(30)31)21(14)22(19)26-25-17-9-7-16(8-10-17)24-23-15-4-2-1-3-5-15/h1-13,27H,(H,28,29)(H,30,31). The van der Waals surface area contributed by atoms with Crippen LogP contribution in [0.3, 0.4) is 0 Å². The molecule has 0 aliphatic carbocycles. The number of benzene rings is 4. The maximum Gasteiger partial charge on any atom is 0.187 e. The molecule has 0 amide bonds. The number of fused-ring (bicyclic) bond motifs is 1. The second-order valence-electron chi connectivity index (χ2n) is 6.70. The number of nitrogens with zero attached hydrogens (tertiary/aromatic N) is 4. The van der Waals surface area contributed by atoms with E-state index in [2.05, 4.69) is 20.5 Å². The summed E-state index contributed by atoms with van der Waals surface area (Å²) in [5, 5.41) is 27.3. The zero-order chi connectivity index (χ0) is 23.4. The lowest BCUT2D eigenvalue weighted by Crippen LogP contribution is -1.96. The van der Waals surface area contributed by atoms with Crippen LogP contribution in [0.5, 0.6) is 5.75 Å². The predicted molar refractivity (Wildman–Crippen MR) is 125 cm³/mol. The predicted octanol–water partition coefficient (Wildman–Crippen LogP) is 6.54. The Morgan fingerprint density at radius 1 is 0.636 bits per heavy atom. The number of hydrogen-bond donors (Lipinski definition) is 3. The van der Waals surface area contributed by atoms with E-state index in [9.17, 15) is 22.6 Å². The van der Waals surface area contributed by atoms with Gasteiger partial charge in [0.25, 0.3) is 0 Å². The lowest BCUT2D eigenvalue weighted by Gasteiger charge is -2.09. The largest absolute Gasteiger partial charge is 0.506 e. The molecule has 0 saturated heterocycles. The average Bonchev–Trinajstić information content (AvgIpc) is 2.82. The summed E-state index contributed by atoms with van der Waals surface area (Å²) in [7, 11) is 0. The molecule has 0 bridgehead atoms. The number of phenolic OH excluding ortho intramolecular Hbond substituents is 1. The minimum absolute atomic E-state index is 0.0342. The second kappa shape index (κ2) is 9.88. The second-order valence-corrected chi connectivity index (χ2v) is 8.61. The van der Waals surface area contributed by atoms with E-state index in [0.29, 0.717) is 16.8 Å². The summed E-state index contributed by atoms with van der Waals surface area (Å²) in [6.45, 7) is 0. The Labute approximate surface area is 193 Å². The molecule has 0 aliphatic heterocycles. The minimum Gasteiger partial charge on any atom is -0.506 e. The summed E-state index contributed by atoms with van der Waals surface area (Å²) < 4.78 is 42.4. The quantitative estimate of drug-likeness (QED) is 0.212. The first-order valence-corrected chi connectivity index (χ1v) is 11.6. The Balaban J connectivity index is 1.68. The SMILES string of the molecule is O=S(O)c1cc(S(=O)O)c2c(N=Nc3ccc(N=Nc4ccccc4)cc3)c(O)ccc2c1. The van der Waals surface area contributed by atoms with Gasteiger partial charge in [-0.05, 0) is 60.0 Å². The number of hydrogen-bond acceptors (Lipinski definition) is 7. The van der Waals surface area contributed by atoms with Gasteiger partial charge in [-0.2, -0.15) is 15.3 Å². The zero-order valence-electron chi connectivity index (χ0n) is 16.8. The summed E-state index contributed by atoms with van der Waals surface area (Å²) in [6, 6.07) is 21.3. The number of aromatic hydroxyl groups is 1. The Bertz CT molecular complexity index is 1420. The molecule has 3 N–H and O–H groups in total. The highest BCUT2D eigenvalue weighted by molar-refractivity contribution is 7.80. The zero-order valence-corrected chi connectivity index (χ0v) is 18.4. The molecule has 4 rings (SSSR count). The maximum absolute atomic E-state index is 11.9. The van der Waals surface area contributed by atoms with Crippen molar-refractivity contribution in [2.75, 3.05) is 0 Å². The van der Waals surface area contributed by atoms with Gasteiger partial charge in [0.2, 0.25) is 0 Å². The fourth-order valence-corrected chi connectivity index (χ4v) is 4.15. The molecule has 0 aromatic heterocycles. The van der Waals surface area contributed by atoms with Crippen LogP contribution in [0.15, 0.2) is 109 Å². The molecule has 2 unspecified atom stereocenters. The van der Waals surface area contributed by atoms with E-state index in [1.54, 1.807) is 24.3 Å². The summed E-state index contributed by atoms with van der Waals surface area (Å²) >= 11 is -4.85. The van der Waals surface area contributed by atoms with Gasteiger partial charge in [-0.1, -0.05) is 24.3 Å². The van der Waals surface area contributed by atoms with Crippen molar-refractivity contribution in [2.24, 2.45) is 20.5 Å². The van der Waals surface area contributed by atoms with Crippen LogP contribution in [0.1, 0.15) is 0 Å². The Hall–Kier alpha value is -3.64. The van der Waals surface area contributed by atoms with E-state index in [-0.39, 0.29) is 26.6 Å². The number of azo groups is 2. The Morgan fingerprint density at radius 3 is 1.79 bits per heavy atom. The van der Waals surface area contributed by atoms with E-state index in [0.717, 1.165) is 11.8 Å². The van der Waals surface area contributed by atoms with Crippen LogP contribution in [0.4, 0.5) is 22.7 Å². The van der Waals surface area contributed by atoms with Gasteiger partial charge < -0.3 is 14.2 Å². The van der Waals surface area contributed by atoms with Crippen molar-refractivity contribution >= 4 is 55.7 Å². The fraction of sp³-hybridized carbons (Fsp3) is 0. The van der Waals surface area contributed by atoms with Crippen LogP contribution in [-0.4, -0.2) is 22.6 Å². The van der Waals surface area contributed by atoms with Gasteiger partial charge in [0, 0.05) is 5.39 Å². The molecular formula is C22H16N4O5S2. The highest BCUT2D eigenvalue weighted by Gasteiger charge is 2.17. The molecule has 9 nitrogen and oxygen atoms in total. The molecule has 0 heterocycles. The van der Waals surface area contributed by atoms with Gasteiger partial charge in [-0.25, -0.2) is 8.42 Å². The van der Waals surface area contributed by atoms with Crippen LogP contribution >= 0.6 is 0 Å². The van der Waals surface area contributed by atoms with E-state index in [1.165, 1.54) is 18.2 Å². The molecule has 4 aromatic rings. The molecule has 33 heavy (non-hydrogen) atoms. The van der Waals surface area contributed by atoms with E-state index < -0.39 is 22.2 Å². The van der Waals surface area contributed by atoms with Crippen LogP contribution in [0, 0.1) is 0 Å². The first kappa shape index (κ1) is 22.6. The van der Waals surface area contributed by atoms with E-state index in [1.807, 2.05) is 30.3 Å². The van der Waals surface area contributed by atoms with Crippen LogP contribution in [0.25, 0.3) is 10.8 Å². The van der Waals surface area contributed by atoms with Crippen molar-refractivity contribution in [3.8, 4) is 5.75 Å². The first-order chi connectivity index (χ1) is 15.9. The smallest absolute Gasteiger partial charge is 0.187 e. The van der Waals surface area contributed by atoms with Gasteiger partial charge in [-0.3, -0.25) is 0 Å². The third kappa shape index (κ3) is 5.23. The van der Waals surface area contributed by atoms with Gasteiger partial charge >= 0.3 is 0 Å². The lowest BCUT2D eigenvalue weighted by atomic mass is 10.1. The van der Waals surface area contributed by atoms with Crippen LogP contribution in [-0.2, 0) is 22.2 Å². The lowest BCUT2D eigenvalue weighted by molar-refractivity contribution is 0.477. The summed E-state index contributed by atoms with van der Waals surface area (Å²) in [6.07, 6.45) is 0. The Morgan fingerprint density at radius 2 is 1.21 bits per heavy atom. The molecule has 11 heteroatoms. The minimum atomic E-state index is -2.50. The van der Waals surface area contributed by atoms with Gasteiger partial charge in [0.05, 0.1) is 26.9 Å². The fourth-order valence-electron chi connectivity index (χ4n) is 3.01. The van der Waals surface area contributed by atoms with Gasteiger partial charge in [0.15, 0.2) is 22.2 Å². The Kier molecular flexibility index (Phi) is 6.75. The summed E-state index contributed by atoms with van der Waals surface area (Å²) in [5.74, 6) is -0.260. The van der Waals surface area contributed by atoms with Crippen molar-refractivity contribution < 1.29 is 22.6 Å². The number of rotatable bonds is 6. The highest BCUT2D eigenvalue weighted by Crippen LogP contribution is 2.40. The van der Waals surface area contributed by atoms with Crippen molar-refractivity contribution in [1.82, 2.24) is 0 Å². The van der Waals surface area contributed by atoms with Crippen molar-refractivity contribution in [1.29, 1.82) is 0 Å². The van der Waals surface area contributed by atoms with Crippen molar-refractivity contribution in [3.63, 3.8) is 0 Å². The molecule has 0 aliphatic rings. The molecular weight excluding hydrogens is 464 g/mol. The molecule has 0 spiro atoms. The molecule has 0 saturated carbocycles. The van der Waals surface area contributed by atoms with Crippen LogP contribution in [0.2, 0.25) is 0 Å². The molecule has 0 radical (unpaired) electrons. The molecule has 2 atom stereocenters. The average molecular weight is 481 g/mol. The third-order valence-corrected chi connectivity index (χ3v) is 5.89. The summed E-state index contributed by atoms with van der Waals surface area (Å²) in [5.41, 5.74) is 1.74. The molecule has 166 valence electrons. The first-order valence-electron chi connectivity index (χ1n) is 9.42. The molecule has 4 aromatic carbocycles. The maximum atomic E-state index is 11.9. The van der Waals surface area contributed by atoms with E-state index >= 15 is 0 Å². The van der Waals surface area contributed by atoms with Crippen molar-refractivity contribution in [2.45, 2.75) is 9.79 Å². The van der Waals surface area contributed by atoms with Crippen LogP contribution < -0.4 is 0 Å². The van der Waals surface area contributed by atoms with E-state index in [4.69, 9.17) is 0 Å². The highest BCUT2D eigenvalue weighted by atomic mass is 32.2.